The Morgan fingerprint density at radius 3 is 2.82 bits per heavy atom. The Hall–Kier alpha value is -0.220. The zero-order chi connectivity index (χ0) is 8.27. The van der Waals surface area contributed by atoms with Gasteiger partial charge in [0, 0.05) is 32.0 Å². The Morgan fingerprint density at radius 1 is 1.55 bits per heavy atom. The minimum Gasteiger partial charge on any atom is -0.384 e. The molecule has 0 amide bonds. The van der Waals surface area contributed by atoms with Crippen LogP contribution in [0.25, 0.3) is 0 Å². The van der Waals surface area contributed by atoms with Gasteiger partial charge < -0.3 is 10.1 Å². The maximum atomic E-state index is 12.2. The Labute approximate surface area is 64.9 Å². The van der Waals surface area contributed by atoms with Gasteiger partial charge in [0.25, 0.3) is 0 Å². The summed E-state index contributed by atoms with van der Waals surface area (Å²) in [4.78, 5) is 0. The molecule has 1 aliphatic heterocycles. The number of nitrogens with one attached hydrogen (secondary N) is 1. The third-order valence-electron chi connectivity index (χ3n) is 2.10. The van der Waals surface area contributed by atoms with E-state index in [0.29, 0.717) is 19.7 Å². The van der Waals surface area contributed by atoms with Crippen LogP contribution in [0.4, 0.5) is 8.78 Å². The van der Waals surface area contributed by atoms with Gasteiger partial charge >= 0.3 is 0 Å². The summed E-state index contributed by atoms with van der Waals surface area (Å²) < 4.78 is 29.3. The summed E-state index contributed by atoms with van der Waals surface area (Å²) in [5.74, 6) is -0.532. The van der Waals surface area contributed by atoms with Gasteiger partial charge in [0.05, 0.1) is 6.61 Å². The average molecular weight is 165 g/mol. The van der Waals surface area contributed by atoms with E-state index in [-0.39, 0.29) is 5.92 Å². The van der Waals surface area contributed by atoms with E-state index in [9.17, 15) is 8.78 Å². The monoisotopic (exact) mass is 165 g/mol. The minimum atomic E-state index is -2.22. The van der Waals surface area contributed by atoms with Crippen molar-refractivity contribution < 1.29 is 13.5 Å². The molecule has 0 aromatic carbocycles. The van der Waals surface area contributed by atoms with Gasteiger partial charge in [-0.2, -0.15) is 0 Å². The van der Waals surface area contributed by atoms with Gasteiger partial charge in [-0.1, -0.05) is 0 Å². The van der Waals surface area contributed by atoms with Crippen LogP contribution in [-0.2, 0) is 4.74 Å². The molecule has 1 rings (SSSR count). The average Bonchev–Trinajstić information content (AvgIpc) is 2.36. The van der Waals surface area contributed by atoms with Crippen molar-refractivity contribution in [2.75, 3.05) is 26.8 Å². The van der Waals surface area contributed by atoms with E-state index in [1.54, 1.807) is 7.11 Å². The maximum Gasteiger partial charge on any atom is 0.243 e. The van der Waals surface area contributed by atoms with Crippen molar-refractivity contribution in [2.24, 2.45) is 11.8 Å². The Balaban J connectivity index is 2.37. The molecule has 0 aliphatic carbocycles. The highest BCUT2D eigenvalue weighted by atomic mass is 19.3. The molecule has 66 valence electrons. The Morgan fingerprint density at radius 2 is 2.27 bits per heavy atom. The Kier molecular flexibility index (Phi) is 3.20. The molecule has 0 spiro atoms. The molecule has 11 heavy (non-hydrogen) atoms. The van der Waals surface area contributed by atoms with Crippen LogP contribution in [0.2, 0.25) is 0 Å². The van der Waals surface area contributed by atoms with E-state index in [1.165, 1.54) is 0 Å². The van der Waals surface area contributed by atoms with Gasteiger partial charge in [-0.15, -0.1) is 0 Å². The lowest BCUT2D eigenvalue weighted by Crippen LogP contribution is -2.23. The van der Waals surface area contributed by atoms with E-state index >= 15 is 0 Å². The van der Waals surface area contributed by atoms with Crippen LogP contribution in [-0.4, -0.2) is 33.2 Å². The molecule has 0 saturated carbocycles. The molecule has 0 bridgehead atoms. The number of hydrogen-bond donors (Lipinski definition) is 1. The molecule has 1 heterocycles. The molecule has 0 aromatic rings. The first-order valence-corrected chi connectivity index (χ1v) is 3.73. The van der Waals surface area contributed by atoms with Crippen molar-refractivity contribution in [3.8, 4) is 0 Å². The summed E-state index contributed by atoms with van der Waals surface area (Å²) in [6.07, 6.45) is -2.22. The normalized spacial score (nSPS) is 31.6. The minimum absolute atomic E-state index is 0.0139. The molecule has 1 N–H and O–H groups in total. The fourth-order valence-corrected chi connectivity index (χ4v) is 1.44. The van der Waals surface area contributed by atoms with Crippen LogP contribution >= 0.6 is 0 Å². The lowest BCUT2D eigenvalue weighted by atomic mass is 9.98. The summed E-state index contributed by atoms with van der Waals surface area (Å²) in [6.45, 7) is 1.51. The van der Waals surface area contributed by atoms with Crippen molar-refractivity contribution in [3.05, 3.63) is 0 Å². The zero-order valence-electron chi connectivity index (χ0n) is 6.52. The first-order valence-electron chi connectivity index (χ1n) is 3.73. The van der Waals surface area contributed by atoms with Crippen LogP contribution in [0.15, 0.2) is 0 Å². The number of rotatable bonds is 3. The van der Waals surface area contributed by atoms with Crippen LogP contribution in [0, 0.1) is 11.8 Å². The van der Waals surface area contributed by atoms with Crippen LogP contribution in [0.1, 0.15) is 0 Å². The fourth-order valence-electron chi connectivity index (χ4n) is 1.44. The molecule has 2 nitrogen and oxygen atoms in total. The molecule has 1 saturated heterocycles. The van der Waals surface area contributed by atoms with Gasteiger partial charge in [0.1, 0.15) is 0 Å². The largest absolute Gasteiger partial charge is 0.384 e. The second-order valence-corrected chi connectivity index (χ2v) is 2.87. The third kappa shape index (κ3) is 2.10. The SMILES string of the molecule is COC[C@H]1CNC[C@H]1C(F)F. The number of alkyl halides is 2. The lowest BCUT2D eigenvalue weighted by molar-refractivity contribution is 0.0378. The summed E-state index contributed by atoms with van der Waals surface area (Å²) >= 11 is 0. The topological polar surface area (TPSA) is 21.3 Å². The first kappa shape index (κ1) is 8.87. The van der Waals surface area contributed by atoms with Gasteiger partial charge in [-0.05, 0) is 0 Å². The Bertz CT molecular complexity index is 121. The van der Waals surface area contributed by atoms with E-state index in [1.807, 2.05) is 0 Å². The van der Waals surface area contributed by atoms with Crippen LogP contribution < -0.4 is 5.32 Å². The third-order valence-corrected chi connectivity index (χ3v) is 2.10. The van der Waals surface area contributed by atoms with Crippen molar-refractivity contribution in [1.29, 1.82) is 0 Å². The first-order chi connectivity index (χ1) is 5.25. The second-order valence-electron chi connectivity index (χ2n) is 2.87. The molecular weight excluding hydrogens is 152 g/mol. The zero-order valence-corrected chi connectivity index (χ0v) is 6.52. The van der Waals surface area contributed by atoms with Crippen molar-refractivity contribution in [1.82, 2.24) is 5.32 Å². The van der Waals surface area contributed by atoms with E-state index in [4.69, 9.17) is 4.74 Å². The highest BCUT2D eigenvalue weighted by Crippen LogP contribution is 2.23. The molecule has 1 aliphatic rings. The van der Waals surface area contributed by atoms with Crippen molar-refractivity contribution in [3.63, 3.8) is 0 Å². The van der Waals surface area contributed by atoms with Crippen LogP contribution in [0.3, 0.4) is 0 Å². The molecule has 4 heteroatoms. The molecule has 0 aromatic heterocycles. The van der Waals surface area contributed by atoms with Gasteiger partial charge in [0.15, 0.2) is 0 Å². The molecule has 0 unspecified atom stereocenters. The van der Waals surface area contributed by atoms with Crippen molar-refractivity contribution in [2.45, 2.75) is 6.43 Å². The highest BCUT2D eigenvalue weighted by molar-refractivity contribution is 4.82. The number of ether oxygens (including phenoxy) is 1. The number of methoxy groups -OCH3 is 1. The van der Waals surface area contributed by atoms with E-state index < -0.39 is 12.3 Å². The van der Waals surface area contributed by atoms with E-state index in [0.717, 1.165) is 0 Å². The highest BCUT2D eigenvalue weighted by Gasteiger charge is 2.33. The second kappa shape index (κ2) is 3.97. The lowest BCUT2D eigenvalue weighted by Gasteiger charge is -2.15. The van der Waals surface area contributed by atoms with Crippen LogP contribution in [0.5, 0.6) is 0 Å². The summed E-state index contributed by atoms with van der Waals surface area (Å²) in [5, 5.41) is 2.93. The van der Waals surface area contributed by atoms with Crippen molar-refractivity contribution >= 4 is 0 Å². The summed E-state index contributed by atoms with van der Waals surface area (Å²) in [5.41, 5.74) is 0. The standard InChI is InChI=1S/C7H13F2NO/c1-11-4-5-2-10-3-6(5)7(8)9/h5-7,10H,2-4H2,1H3/t5-,6-/m1/s1. The van der Waals surface area contributed by atoms with Gasteiger partial charge in [-0.3, -0.25) is 0 Å². The molecule has 1 fully saturated rings. The fraction of sp³-hybridized carbons (Fsp3) is 1.00. The molecule has 2 atom stereocenters. The van der Waals surface area contributed by atoms with Gasteiger partial charge in [0.2, 0.25) is 6.43 Å². The number of hydrogen-bond acceptors (Lipinski definition) is 2. The van der Waals surface area contributed by atoms with E-state index in [2.05, 4.69) is 5.32 Å². The predicted molar refractivity (Wildman–Crippen MR) is 37.7 cm³/mol. The quantitative estimate of drug-likeness (QED) is 0.665. The smallest absolute Gasteiger partial charge is 0.243 e. The maximum absolute atomic E-state index is 12.2. The molecule has 0 radical (unpaired) electrons. The summed E-state index contributed by atoms with van der Waals surface area (Å²) in [7, 11) is 1.54. The van der Waals surface area contributed by atoms with Gasteiger partial charge in [-0.25, -0.2) is 8.78 Å². The number of halogens is 2. The summed E-state index contributed by atoms with van der Waals surface area (Å²) in [6, 6.07) is 0. The molecular formula is C7H13F2NO. The predicted octanol–water partition coefficient (Wildman–Crippen LogP) is 0.734.